The van der Waals surface area contributed by atoms with Gasteiger partial charge in [-0.15, -0.1) is 0 Å². The number of amides is 1. The van der Waals surface area contributed by atoms with Crippen LogP contribution in [0, 0.1) is 0 Å². The van der Waals surface area contributed by atoms with E-state index in [4.69, 9.17) is 9.47 Å². The van der Waals surface area contributed by atoms with Crippen molar-refractivity contribution in [1.82, 2.24) is 4.72 Å². The maximum absolute atomic E-state index is 12.8. The number of nitrogens with one attached hydrogen (secondary N) is 1. The number of hydrogen-bond donors (Lipinski definition) is 1. The van der Waals surface area contributed by atoms with Gasteiger partial charge in [-0.3, -0.25) is 4.79 Å². The Morgan fingerprint density at radius 2 is 1.54 bits per heavy atom. The molecule has 0 radical (unpaired) electrons. The second-order valence-corrected chi connectivity index (χ2v) is 12.0. The number of carbonyl (C=O) groups is 1. The van der Waals surface area contributed by atoms with Crippen molar-refractivity contribution < 1.29 is 22.7 Å². The predicted molar refractivity (Wildman–Crippen MR) is 157 cm³/mol. The lowest BCUT2D eigenvalue weighted by atomic mass is 10.0. The molecule has 0 fully saturated rings. The summed E-state index contributed by atoms with van der Waals surface area (Å²) in [6, 6.07) is 22.5. The molecule has 39 heavy (non-hydrogen) atoms. The lowest BCUT2D eigenvalue weighted by Gasteiger charge is -2.14. The standard InChI is InChI=1S/C32H41NO5S/c1-4-5-6-7-8-12-21-39(35,36)33-32(34)28-19-20-29(31(22-28)38-30-13-10-9-11-14-30)24-37-23-26-15-17-27(18-16-26)25(2)3/h9-11,13-20,22,25H,4-8,12,21,23-24H2,1-3H3,(H,33,34). The summed E-state index contributed by atoms with van der Waals surface area (Å²) < 4.78 is 39.2. The van der Waals surface area contributed by atoms with Gasteiger partial charge in [0.2, 0.25) is 10.0 Å². The first kappa shape index (κ1) is 30.4. The Balaban J connectivity index is 1.66. The van der Waals surface area contributed by atoms with Crippen molar-refractivity contribution in [3.63, 3.8) is 0 Å². The summed E-state index contributed by atoms with van der Waals surface area (Å²) in [5.74, 6) is 0.784. The Morgan fingerprint density at radius 1 is 0.846 bits per heavy atom. The third-order valence-electron chi connectivity index (χ3n) is 6.49. The van der Waals surface area contributed by atoms with E-state index < -0.39 is 15.9 Å². The summed E-state index contributed by atoms with van der Waals surface area (Å²) >= 11 is 0. The van der Waals surface area contributed by atoms with E-state index in [1.54, 1.807) is 18.2 Å². The van der Waals surface area contributed by atoms with Gasteiger partial charge in [0, 0.05) is 11.1 Å². The number of ether oxygens (including phenoxy) is 2. The van der Waals surface area contributed by atoms with Crippen LogP contribution in [0.3, 0.4) is 0 Å². The monoisotopic (exact) mass is 551 g/mol. The summed E-state index contributed by atoms with van der Waals surface area (Å²) in [7, 11) is -3.72. The van der Waals surface area contributed by atoms with Gasteiger partial charge in [-0.25, -0.2) is 13.1 Å². The number of rotatable bonds is 16. The van der Waals surface area contributed by atoms with Crippen molar-refractivity contribution in [2.24, 2.45) is 0 Å². The molecule has 0 aliphatic heterocycles. The normalized spacial score (nSPS) is 11.5. The van der Waals surface area contributed by atoms with Crippen LogP contribution in [0.1, 0.15) is 92.3 Å². The molecular formula is C32H41NO5S. The number of carbonyl (C=O) groups excluding carboxylic acids is 1. The van der Waals surface area contributed by atoms with Gasteiger partial charge in [0.25, 0.3) is 5.91 Å². The van der Waals surface area contributed by atoms with Gasteiger partial charge in [0.1, 0.15) is 11.5 Å². The molecule has 1 amide bonds. The summed E-state index contributed by atoms with van der Waals surface area (Å²) in [4.78, 5) is 12.8. The first-order chi connectivity index (χ1) is 18.8. The highest BCUT2D eigenvalue weighted by Crippen LogP contribution is 2.28. The minimum atomic E-state index is -3.72. The highest BCUT2D eigenvalue weighted by molar-refractivity contribution is 7.90. The Labute approximate surface area is 233 Å². The van der Waals surface area contributed by atoms with Gasteiger partial charge in [-0.1, -0.05) is 101 Å². The molecule has 0 heterocycles. The zero-order valence-electron chi connectivity index (χ0n) is 23.3. The quantitative estimate of drug-likeness (QED) is 0.184. The van der Waals surface area contributed by atoms with Crippen molar-refractivity contribution in [2.75, 3.05) is 5.75 Å². The number of benzene rings is 3. The van der Waals surface area contributed by atoms with Crippen LogP contribution in [0.15, 0.2) is 72.8 Å². The van der Waals surface area contributed by atoms with Crippen LogP contribution < -0.4 is 9.46 Å². The molecule has 0 unspecified atom stereocenters. The van der Waals surface area contributed by atoms with Crippen LogP contribution in [0.4, 0.5) is 0 Å². The number of para-hydroxylation sites is 1. The van der Waals surface area contributed by atoms with Gasteiger partial charge in [-0.2, -0.15) is 0 Å². The molecule has 0 aromatic heterocycles. The van der Waals surface area contributed by atoms with Crippen LogP contribution in [-0.4, -0.2) is 20.1 Å². The van der Waals surface area contributed by atoms with Crippen LogP contribution in [0.2, 0.25) is 0 Å². The molecule has 0 atom stereocenters. The van der Waals surface area contributed by atoms with E-state index in [0.29, 0.717) is 30.4 Å². The summed E-state index contributed by atoms with van der Waals surface area (Å²) in [5, 5.41) is 0. The van der Waals surface area contributed by atoms with Crippen molar-refractivity contribution in [3.05, 3.63) is 95.1 Å². The van der Waals surface area contributed by atoms with Crippen molar-refractivity contribution >= 4 is 15.9 Å². The molecule has 3 aromatic carbocycles. The molecule has 210 valence electrons. The van der Waals surface area contributed by atoms with Crippen molar-refractivity contribution in [3.8, 4) is 11.5 Å². The Morgan fingerprint density at radius 3 is 2.23 bits per heavy atom. The highest BCUT2D eigenvalue weighted by atomic mass is 32.2. The number of unbranched alkanes of at least 4 members (excludes halogenated alkanes) is 5. The molecule has 0 saturated carbocycles. The summed E-state index contributed by atoms with van der Waals surface area (Å²) in [5.41, 5.74) is 3.31. The van der Waals surface area contributed by atoms with E-state index in [2.05, 4.69) is 49.8 Å². The molecule has 7 heteroatoms. The molecule has 0 bridgehead atoms. The van der Waals surface area contributed by atoms with Gasteiger partial charge in [-0.05, 0) is 47.7 Å². The Kier molecular flexibility index (Phi) is 12.0. The molecule has 0 aliphatic carbocycles. The van der Waals surface area contributed by atoms with E-state index in [1.165, 1.54) is 5.56 Å². The summed E-state index contributed by atoms with van der Waals surface area (Å²) in [6.45, 7) is 7.17. The average Bonchev–Trinajstić information content (AvgIpc) is 2.92. The Bertz CT molecular complexity index is 1270. The highest BCUT2D eigenvalue weighted by Gasteiger charge is 2.18. The lowest BCUT2D eigenvalue weighted by molar-refractivity contribution is 0.0979. The molecular weight excluding hydrogens is 510 g/mol. The molecule has 3 aromatic rings. The number of hydrogen-bond acceptors (Lipinski definition) is 5. The molecule has 0 saturated heterocycles. The largest absolute Gasteiger partial charge is 0.457 e. The van der Waals surface area contributed by atoms with Gasteiger partial charge in [0.05, 0.1) is 19.0 Å². The summed E-state index contributed by atoms with van der Waals surface area (Å²) in [6.07, 6.45) is 5.77. The van der Waals surface area contributed by atoms with Crippen LogP contribution in [-0.2, 0) is 28.0 Å². The molecule has 0 aliphatic rings. The van der Waals surface area contributed by atoms with E-state index in [1.807, 2.05) is 30.3 Å². The maximum Gasteiger partial charge on any atom is 0.264 e. The third kappa shape index (κ3) is 10.5. The molecule has 6 nitrogen and oxygen atoms in total. The lowest BCUT2D eigenvalue weighted by Crippen LogP contribution is -2.32. The fraction of sp³-hybridized carbons (Fsp3) is 0.406. The van der Waals surface area contributed by atoms with E-state index in [0.717, 1.165) is 43.2 Å². The minimum Gasteiger partial charge on any atom is -0.457 e. The first-order valence-corrected chi connectivity index (χ1v) is 15.5. The Hall–Kier alpha value is -3.16. The predicted octanol–water partition coefficient (Wildman–Crippen LogP) is 7.74. The second kappa shape index (κ2) is 15.4. The third-order valence-corrected chi connectivity index (χ3v) is 7.81. The second-order valence-electron chi connectivity index (χ2n) is 10.1. The SMILES string of the molecule is CCCCCCCCS(=O)(=O)NC(=O)c1ccc(COCc2ccc(C(C)C)cc2)c(Oc2ccccc2)c1. The van der Waals surface area contributed by atoms with Crippen molar-refractivity contribution in [2.45, 2.75) is 78.4 Å². The van der Waals surface area contributed by atoms with Gasteiger partial charge >= 0.3 is 0 Å². The van der Waals surface area contributed by atoms with Gasteiger partial charge in [0.15, 0.2) is 0 Å². The van der Waals surface area contributed by atoms with Crippen LogP contribution in [0.25, 0.3) is 0 Å². The van der Waals surface area contributed by atoms with Crippen LogP contribution in [0.5, 0.6) is 11.5 Å². The van der Waals surface area contributed by atoms with E-state index >= 15 is 0 Å². The van der Waals surface area contributed by atoms with Crippen molar-refractivity contribution in [1.29, 1.82) is 0 Å². The van der Waals surface area contributed by atoms with E-state index in [-0.39, 0.29) is 17.9 Å². The average molecular weight is 552 g/mol. The van der Waals surface area contributed by atoms with Crippen LogP contribution >= 0.6 is 0 Å². The van der Waals surface area contributed by atoms with E-state index in [9.17, 15) is 13.2 Å². The molecule has 0 spiro atoms. The number of sulfonamides is 1. The fourth-order valence-corrected chi connectivity index (χ4v) is 5.21. The fourth-order valence-electron chi connectivity index (χ4n) is 4.13. The first-order valence-electron chi connectivity index (χ1n) is 13.8. The zero-order valence-corrected chi connectivity index (χ0v) is 24.1. The topological polar surface area (TPSA) is 81.7 Å². The smallest absolute Gasteiger partial charge is 0.264 e. The minimum absolute atomic E-state index is 0.0672. The molecule has 1 N–H and O–H groups in total. The maximum atomic E-state index is 12.8. The van der Waals surface area contributed by atoms with Gasteiger partial charge < -0.3 is 9.47 Å². The molecule has 3 rings (SSSR count). The zero-order chi connectivity index (χ0) is 28.1.